The van der Waals surface area contributed by atoms with Gasteiger partial charge in [-0.15, -0.1) is 10.2 Å². The van der Waals surface area contributed by atoms with Gasteiger partial charge < -0.3 is 14.5 Å². The molecule has 0 fully saturated rings. The Hall–Kier alpha value is -3.74. The van der Waals surface area contributed by atoms with E-state index in [-0.39, 0.29) is 0 Å². The number of nitrogens with one attached hydrogen (secondary N) is 1. The molecule has 3 heterocycles. The second kappa shape index (κ2) is 6.45. The predicted molar refractivity (Wildman–Crippen MR) is 110 cm³/mol. The topological polar surface area (TPSA) is 73.5 Å². The molecule has 0 radical (unpaired) electrons. The van der Waals surface area contributed by atoms with Crippen molar-refractivity contribution in [1.29, 1.82) is 0 Å². The fourth-order valence-electron chi connectivity index (χ4n) is 3.48. The molecule has 138 valence electrons. The average molecular weight is 369 g/mol. The highest BCUT2D eigenvalue weighted by molar-refractivity contribution is 5.97. The zero-order chi connectivity index (χ0) is 19.1. The maximum Gasteiger partial charge on any atom is 0.151 e. The molecule has 5 aromatic rings. The molecule has 0 saturated carbocycles. The van der Waals surface area contributed by atoms with Crippen LogP contribution in [0.25, 0.3) is 33.1 Å². The molecule has 3 aromatic heterocycles. The number of fused-ring (bicyclic) bond motifs is 2. The van der Waals surface area contributed by atoms with E-state index in [4.69, 9.17) is 0 Å². The van der Waals surface area contributed by atoms with E-state index < -0.39 is 0 Å². The van der Waals surface area contributed by atoms with Crippen molar-refractivity contribution >= 4 is 27.6 Å². The molecule has 0 aliphatic rings. The summed E-state index contributed by atoms with van der Waals surface area (Å²) in [5, 5.41) is 12.7. The minimum absolute atomic E-state index is 0.582. The fourth-order valence-corrected chi connectivity index (χ4v) is 3.48. The largest absolute Gasteiger partial charge is 0.378 e. The SMILES string of the molecule is Cn1cnnc1CNc1cc(-c2ccc3ccn(C)c3c2)c2nccnc2c1. The Balaban J connectivity index is 1.61. The highest BCUT2D eigenvalue weighted by Crippen LogP contribution is 2.32. The summed E-state index contributed by atoms with van der Waals surface area (Å²) in [5.41, 5.74) is 6.06. The maximum atomic E-state index is 4.59. The molecule has 0 amide bonds. The fraction of sp³-hybridized carbons (Fsp3) is 0.143. The Bertz CT molecular complexity index is 1300. The number of aryl methyl sites for hydroxylation is 2. The maximum absolute atomic E-state index is 4.59. The normalized spacial score (nSPS) is 11.4. The van der Waals surface area contributed by atoms with Crippen molar-refractivity contribution in [3.05, 3.63) is 67.1 Å². The monoisotopic (exact) mass is 369 g/mol. The minimum Gasteiger partial charge on any atom is -0.378 e. The van der Waals surface area contributed by atoms with Crippen LogP contribution in [-0.4, -0.2) is 29.3 Å². The lowest BCUT2D eigenvalue weighted by Crippen LogP contribution is -2.06. The molecule has 5 rings (SSSR count). The van der Waals surface area contributed by atoms with Crippen LogP contribution in [-0.2, 0) is 20.6 Å². The molecule has 0 spiro atoms. The standard InChI is InChI=1S/C21H19N7/c1-27-8-5-14-3-4-15(9-19(14)27)17-10-16(11-18-21(17)23-7-6-22-18)24-12-20-26-25-13-28(20)2/h3-11,13,24H,12H2,1-2H3. The van der Waals surface area contributed by atoms with Crippen LogP contribution < -0.4 is 5.32 Å². The van der Waals surface area contributed by atoms with E-state index in [2.05, 4.69) is 73.6 Å². The molecule has 2 aromatic carbocycles. The van der Waals surface area contributed by atoms with Gasteiger partial charge in [0.25, 0.3) is 0 Å². The lowest BCUT2D eigenvalue weighted by Gasteiger charge is -2.12. The van der Waals surface area contributed by atoms with Crippen LogP contribution in [0.3, 0.4) is 0 Å². The molecule has 28 heavy (non-hydrogen) atoms. The number of benzene rings is 2. The van der Waals surface area contributed by atoms with Crippen molar-refractivity contribution in [3.8, 4) is 11.1 Å². The van der Waals surface area contributed by atoms with Gasteiger partial charge in [0, 0.05) is 49.5 Å². The van der Waals surface area contributed by atoms with Crippen LogP contribution in [0.5, 0.6) is 0 Å². The predicted octanol–water partition coefficient (Wildman–Crippen LogP) is 3.53. The second-order valence-electron chi connectivity index (χ2n) is 6.86. The molecule has 0 aliphatic carbocycles. The van der Waals surface area contributed by atoms with E-state index in [9.17, 15) is 0 Å². The van der Waals surface area contributed by atoms with E-state index in [1.807, 2.05) is 17.7 Å². The molecule has 7 nitrogen and oxygen atoms in total. The van der Waals surface area contributed by atoms with Gasteiger partial charge in [-0.3, -0.25) is 9.97 Å². The molecule has 7 heteroatoms. The average Bonchev–Trinajstić information content (AvgIpc) is 3.31. The molecule has 0 bridgehead atoms. The zero-order valence-corrected chi connectivity index (χ0v) is 15.7. The van der Waals surface area contributed by atoms with Gasteiger partial charge in [-0.05, 0) is 35.2 Å². The van der Waals surface area contributed by atoms with E-state index in [1.54, 1.807) is 18.7 Å². The van der Waals surface area contributed by atoms with Gasteiger partial charge in [-0.25, -0.2) is 0 Å². The van der Waals surface area contributed by atoms with Crippen molar-refractivity contribution in [3.63, 3.8) is 0 Å². The lowest BCUT2D eigenvalue weighted by atomic mass is 10.0. The minimum atomic E-state index is 0.582. The van der Waals surface area contributed by atoms with Crippen LogP contribution in [0.15, 0.2) is 61.3 Å². The number of rotatable bonds is 4. The summed E-state index contributed by atoms with van der Waals surface area (Å²) in [6, 6.07) is 12.7. The van der Waals surface area contributed by atoms with Gasteiger partial charge in [-0.1, -0.05) is 12.1 Å². The van der Waals surface area contributed by atoms with Gasteiger partial charge in [0.15, 0.2) is 5.82 Å². The van der Waals surface area contributed by atoms with Gasteiger partial charge in [0.1, 0.15) is 6.33 Å². The van der Waals surface area contributed by atoms with Crippen molar-refractivity contribution in [2.75, 3.05) is 5.32 Å². The number of hydrogen-bond acceptors (Lipinski definition) is 5. The molecule has 0 aliphatic heterocycles. The van der Waals surface area contributed by atoms with Gasteiger partial charge >= 0.3 is 0 Å². The van der Waals surface area contributed by atoms with Crippen molar-refractivity contribution in [2.45, 2.75) is 6.54 Å². The highest BCUT2D eigenvalue weighted by Gasteiger charge is 2.11. The highest BCUT2D eigenvalue weighted by atomic mass is 15.3. The third-order valence-electron chi connectivity index (χ3n) is 5.03. The molecule has 0 saturated heterocycles. The number of hydrogen-bond donors (Lipinski definition) is 1. The molecule has 1 N–H and O–H groups in total. The molecular formula is C21H19N7. The van der Waals surface area contributed by atoms with Gasteiger partial charge in [0.05, 0.1) is 17.6 Å². The summed E-state index contributed by atoms with van der Waals surface area (Å²) in [6.07, 6.45) is 7.23. The summed E-state index contributed by atoms with van der Waals surface area (Å²) in [5.74, 6) is 0.867. The van der Waals surface area contributed by atoms with Crippen molar-refractivity contribution in [1.82, 2.24) is 29.3 Å². The lowest BCUT2D eigenvalue weighted by molar-refractivity contribution is 0.812. The third kappa shape index (κ3) is 2.77. The first-order valence-electron chi connectivity index (χ1n) is 9.06. The van der Waals surface area contributed by atoms with Gasteiger partial charge in [0.2, 0.25) is 0 Å². The first-order valence-corrected chi connectivity index (χ1v) is 9.06. The Morgan fingerprint density at radius 2 is 1.86 bits per heavy atom. The summed E-state index contributed by atoms with van der Waals surface area (Å²) in [4.78, 5) is 9.11. The van der Waals surface area contributed by atoms with Crippen molar-refractivity contribution < 1.29 is 0 Å². The summed E-state index contributed by atoms with van der Waals surface area (Å²) < 4.78 is 4.03. The van der Waals surface area contributed by atoms with E-state index in [0.29, 0.717) is 6.54 Å². The quantitative estimate of drug-likeness (QED) is 0.525. The first kappa shape index (κ1) is 16.4. The number of anilines is 1. The molecule has 0 unspecified atom stereocenters. The summed E-state index contributed by atoms with van der Waals surface area (Å²) in [6.45, 7) is 0.582. The van der Waals surface area contributed by atoms with E-state index >= 15 is 0 Å². The Morgan fingerprint density at radius 3 is 2.71 bits per heavy atom. The summed E-state index contributed by atoms with van der Waals surface area (Å²) >= 11 is 0. The van der Waals surface area contributed by atoms with Crippen LogP contribution in [0.4, 0.5) is 5.69 Å². The van der Waals surface area contributed by atoms with Crippen LogP contribution in [0, 0.1) is 0 Å². The Morgan fingerprint density at radius 1 is 0.964 bits per heavy atom. The zero-order valence-electron chi connectivity index (χ0n) is 15.7. The van der Waals surface area contributed by atoms with Crippen molar-refractivity contribution in [2.24, 2.45) is 14.1 Å². The molecule has 0 atom stereocenters. The van der Waals surface area contributed by atoms with Crippen LogP contribution in [0.2, 0.25) is 0 Å². The second-order valence-corrected chi connectivity index (χ2v) is 6.86. The van der Waals surface area contributed by atoms with Crippen LogP contribution >= 0.6 is 0 Å². The number of aromatic nitrogens is 6. The number of nitrogens with zero attached hydrogens (tertiary/aromatic N) is 6. The van der Waals surface area contributed by atoms with E-state index in [1.165, 1.54) is 10.9 Å². The molecular weight excluding hydrogens is 350 g/mol. The Kier molecular flexibility index (Phi) is 3.79. The van der Waals surface area contributed by atoms with Crippen LogP contribution in [0.1, 0.15) is 5.82 Å². The smallest absolute Gasteiger partial charge is 0.151 e. The first-order chi connectivity index (χ1) is 13.7. The van der Waals surface area contributed by atoms with Gasteiger partial charge in [-0.2, -0.15) is 0 Å². The van der Waals surface area contributed by atoms with E-state index in [0.717, 1.165) is 33.7 Å². The summed E-state index contributed by atoms with van der Waals surface area (Å²) in [7, 11) is 3.99. The Labute approximate surface area is 161 Å². The third-order valence-corrected chi connectivity index (χ3v) is 5.03.